The smallest absolute Gasteiger partial charge is 0.0115 e. The van der Waals surface area contributed by atoms with Crippen molar-refractivity contribution < 1.29 is 0 Å². The summed E-state index contributed by atoms with van der Waals surface area (Å²) in [6.07, 6.45) is 12.5. The molecule has 0 heteroatoms. The summed E-state index contributed by atoms with van der Waals surface area (Å²) in [4.78, 5) is 0. The second kappa shape index (κ2) is 2.21. The van der Waals surface area contributed by atoms with Crippen molar-refractivity contribution in [2.75, 3.05) is 0 Å². The molecule has 0 nitrogen and oxygen atoms in total. The molecule has 0 amide bonds. The Morgan fingerprint density at radius 2 is 1.85 bits per heavy atom. The largest absolute Gasteiger partial charge is 0.0846 e. The van der Waals surface area contributed by atoms with Crippen LogP contribution in [-0.4, -0.2) is 0 Å². The molecule has 0 unspecified atom stereocenters. The lowest BCUT2D eigenvalue weighted by molar-refractivity contribution is 0.319. The van der Waals surface area contributed by atoms with E-state index in [1.807, 2.05) is 0 Å². The third-order valence-electron chi connectivity index (χ3n) is 4.47. The molecule has 2 atom stereocenters. The van der Waals surface area contributed by atoms with Crippen LogP contribution in [-0.2, 0) is 0 Å². The molecule has 0 N–H and O–H groups in total. The van der Waals surface area contributed by atoms with Crippen LogP contribution in [0.25, 0.3) is 0 Å². The van der Waals surface area contributed by atoms with Crippen molar-refractivity contribution in [1.29, 1.82) is 0 Å². The molecule has 0 radical (unpaired) electrons. The number of allylic oxidation sites excluding steroid dienone is 2. The van der Waals surface area contributed by atoms with Gasteiger partial charge in [0.05, 0.1) is 0 Å². The molecular weight excluding hydrogens is 156 g/mol. The van der Waals surface area contributed by atoms with Crippen molar-refractivity contribution in [3.05, 3.63) is 12.2 Å². The van der Waals surface area contributed by atoms with Gasteiger partial charge in [0, 0.05) is 0 Å². The Morgan fingerprint density at radius 1 is 1.08 bits per heavy atom. The molecule has 2 fully saturated rings. The first-order valence-electron chi connectivity index (χ1n) is 5.78. The number of fused-ring (bicyclic) bond motifs is 1. The van der Waals surface area contributed by atoms with E-state index in [-0.39, 0.29) is 0 Å². The van der Waals surface area contributed by atoms with Gasteiger partial charge in [0.1, 0.15) is 0 Å². The second-order valence-electron chi connectivity index (χ2n) is 6.42. The lowest BCUT2D eigenvalue weighted by Crippen LogP contribution is -2.16. The summed E-state index contributed by atoms with van der Waals surface area (Å²) in [6.45, 7) is 4.89. The highest BCUT2D eigenvalue weighted by atomic mass is 14.5. The fourth-order valence-electron chi connectivity index (χ4n) is 3.65. The first kappa shape index (κ1) is 8.08. The van der Waals surface area contributed by atoms with Gasteiger partial charge in [0.2, 0.25) is 0 Å². The van der Waals surface area contributed by atoms with Gasteiger partial charge in [-0.25, -0.2) is 0 Å². The average Bonchev–Trinajstić information content (AvgIpc) is 2.67. The Balaban J connectivity index is 1.83. The second-order valence-corrected chi connectivity index (χ2v) is 6.42. The van der Waals surface area contributed by atoms with Crippen LogP contribution >= 0.6 is 0 Å². The van der Waals surface area contributed by atoms with E-state index < -0.39 is 0 Å². The zero-order valence-corrected chi connectivity index (χ0v) is 8.84. The maximum absolute atomic E-state index is 2.55. The monoisotopic (exact) mass is 176 g/mol. The molecule has 2 saturated carbocycles. The molecule has 0 aromatic rings. The SMILES string of the molecule is CC1(C)C[C@@H]2CC3(C=C[C@H]2C1)CC3. The minimum atomic E-state index is 0.625. The Kier molecular flexibility index (Phi) is 1.38. The van der Waals surface area contributed by atoms with E-state index in [1.54, 1.807) is 0 Å². The van der Waals surface area contributed by atoms with Gasteiger partial charge in [-0.15, -0.1) is 0 Å². The Bertz CT molecular complexity index is 255. The Morgan fingerprint density at radius 3 is 2.54 bits per heavy atom. The molecule has 1 spiro atoms. The van der Waals surface area contributed by atoms with Gasteiger partial charge < -0.3 is 0 Å². The summed E-state index contributed by atoms with van der Waals surface area (Å²) in [6, 6.07) is 0. The van der Waals surface area contributed by atoms with E-state index >= 15 is 0 Å². The highest BCUT2D eigenvalue weighted by Gasteiger charge is 2.49. The van der Waals surface area contributed by atoms with Gasteiger partial charge in [-0.3, -0.25) is 0 Å². The van der Waals surface area contributed by atoms with Crippen molar-refractivity contribution in [3.63, 3.8) is 0 Å². The van der Waals surface area contributed by atoms with E-state index in [0.29, 0.717) is 10.8 Å². The summed E-state index contributed by atoms with van der Waals surface area (Å²) < 4.78 is 0. The molecule has 13 heavy (non-hydrogen) atoms. The van der Waals surface area contributed by atoms with Gasteiger partial charge in [-0.05, 0) is 54.8 Å². The van der Waals surface area contributed by atoms with Crippen molar-refractivity contribution in [2.45, 2.75) is 46.0 Å². The molecule has 0 heterocycles. The van der Waals surface area contributed by atoms with E-state index in [2.05, 4.69) is 26.0 Å². The van der Waals surface area contributed by atoms with Crippen molar-refractivity contribution in [2.24, 2.45) is 22.7 Å². The fourth-order valence-corrected chi connectivity index (χ4v) is 3.65. The van der Waals surface area contributed by atoms with Crippen LogP contribution in [0.1, 0.15) is 46.0 Å². The number of hydrogen-bond acceptors (Lipinski definition) is 0. The quantitative estimate of drug-likeness (QED) is 0.493. The third-order valence-corrected chi connectivity index (χ3v) is 4.47. The fraction of sp³-hybridized carbons (Fsp3) is 0.846. The van der Waals surface area contributed by atoms with E-state index in [9.17, 15) is 0 Å². The standard InChI is InChI=1S/C13H20/c1-12(2)7-10-3-4-13(5-6-13)9-11(10)8-12/h3-4,10-11H,5-9H2,1-2H3/t10-,11+/m0/s1. The van der Waals surface area contributed by atoms with Gasteiger partial charge in [-0.1, -0.05) is 26.0 Å². The lowest BCUT2D eigenvalue weighted by atomic mass is 9.79. The predicted molar refractivity (Wildman–Crippen MR) is 55.4 cm³/mol. The molecule has 0 aromatic heterocycles. The molecule has 0 aromatic carbocycles. The minimum Gasteiger partial charge on any atom is -0.0846 e. The normalized spacial score (nSPS) is 43.5. The number of hydrogen-bond donors (Lipinski definition) is 0. The molecule has 3 aliphatic rings. The van der Waals surface area contributed by atoms with Gasteiger partial charge in [0.15, 0.2) is 0 Å². The molecular formula is C13H20. The highest BCUT2D eigenvalue weighted by molar-refractivity contribution is 5.18. The average molecular weight is 176 g/mol. The Hall–Kier alpha value is -0.260. The van der Waals surface area contributed by atoms with E-state index in [0.717, 1.165) is 11.8 Å². The van der Waals surface area contributed by atoms with Crippen molar-refractivity contribution in [1.82, 2.24) is 0 Å². The predicted octanol–water partition coefficient (Wildman–Crippen LogP) is 3.78. The summed E-state index contributed by atoms with van der Waals surface area (Å²) in [5.41, 5.74) is 1.34. The van der Waals surface area contributed by atoms with E-state index in [4.69, 9.17) is 0 Å². The molecule has 3 rings (SSSR count). The van der Waals surface area contributed by atoms with Crippen molar-refractivity contribution in [3.8, 4) is 0 Å². The summed E-state index contributed by atoms with van der Waals surface area (Å²) in [5, 5.41) is 0. The minimum absolute atomic E-state index is 0.625. The van der Waals surface area contributed by atoms with Crippen LogP contribution in [0.15, 0.2) is 12.2 Å². The lowest BCUT2D eigenvalue weighted by Gasteiger charge is -2.26. The maximum Gasteiger partial charge on any atom is -0.0115 e. The molecule has 0 saturated heterocycles. The molecule has 3 aliphatic carbocycles. The Labute approximate surface area is 81.4 Å². The zero-order chi connectivity index (χ0) is 9.10. The van der Waals surface area contributed by atoms with Crippen LogP contribution in [0.4, 0.5) is 0 Å². The van der Waals surface area contributed by atoms with E-state index in [1.165, 1.54) is 32.1 Å². The van der Waals surface area contributed by atoms with Crippen LogP contribution in [0.5, 0.6) is 0 Å². The van der Waals surface area contributed by atoms with Gasteiger partial charge in [0.25, 0.3) is 0 Å². The first-order valence-corrected chi connectivity index (χ1v) is 5.78. The molecule has 0 aliphatic heterocycles. The van der Waals surface area contributed by atoms with Gasteiger partial charge in [-0.2, -0.15) is 0 Å². The topological polar surface area (TPSA) is 0 Å². The number of rotatable bonds is 0. The van der Waals surface area contributed by atoms with Gasteiger partial charge >= 0.3 is 0 Å². The molecule has 72 valence electrons. The maximum atomic E-state index is 2.55. The summed E-state index contributed by atoms with van der Waals surface area (Å²) in [7, 11) is 0. The zero-order valence-electron chi connectivity index (χ0n) is 8.84. The van der Waals surface area contributed by atoms with Crippen LogP contribution < -0.4 is 0 Å². The third kappa shape index (κ3) is 1.26. The molecule has 0 bridgehead atoms. The summed E-state index contributed by atoms with van der Waals surface area (Å²) >= 11 is 0. The van der Waals surface area contributed by atoms with Crippen LogP contribution in [0, 0.1) is 22.7 Å². The summed E-state index contributed by atoms with van der Waals surface area (Å²) in [5.74, 6) is 1.96. The van der Waals surface area contributed by atoms with Crippen molar-refractivity contribution >= 4 is 0 Å². The van der Waals surface area contributed by atoms with Crippen LogP contribution in [0.3, 0.4) is 0 Å². The van der Waals surface area contributed by atoms with Crippen LogP contribution in [0.2, 0.25) is 0 Å². The highest BCUT2D eigenvalue weighted by Crippen LogP contribution is 2.60. The first-order chi connectivity index (χ1) is 6.09.